The minimum atomic E-state index is -4.87. The van der Waals surface area contributed by atoms with E-state index in [1.165, 1.54) is 0 Å². The Labute approximate surface area is 205 Å². The lowest BCUT2D eigenvalue weighted by Gasteiger charge is -2.17. The molecule has 0 radical (unpaired) electrons. The molecule has 2 atom stereocenters. The van der Waals surface area contributed by atoms with Crippen molar-refractivity contribution in [2.45, 2.75) is 37.8 Å². The highest BCUT2D eigenvalue weighted by Gasteiger charge is 2.41. The van der Waals surface area contributed by atoms with Crippen molar-refractivity contribution in [3.63, 3.8) is 0 Å². The molecule has 0 spiro atoms. The van der Waals surface area contributed by atoms with Crippen LogP contribution in [0.1, 0.15) is 38.1 Å². The molecule has 5 nitrogen and oxygen atoms in total. The Morgan fingerprint density at radius 1 is 1.31 bits per heavy atom. The normalized spacial score (nSPS) is 15.1. The summed E-state index contributed by atoms with van der Waals surface area (Å²) in [6.45, 7) is 5.19. The first-order valence-corrected chi connectivity index (χ1v) is 11.8. The maximum atomic E-state index is 12.8. The molecule has 1 heterocycles. The molecular formula is C21H21ClF3IN2O3S. The predicted molar refractivity (Wildman–Crippen MR) is 129 cm³/mol. The number of alkyl halides is 3. The van der Waals surface area contributed by atoms with E-state index in [9.17, 15) is 22.5 Å². The summed E-state index contributed by atoms with van der Waals surface area (Å²) >= 11 is 7.77. The summed E-state index contributed by atoms with van der Waals surface area (Å²) in [4.78, 5) is 3.62. The third-order valence-corrected chi connectivity index (χ3v) is 6.36. The Bertz CT molecular complexity index is 1000. The highest BCUT2D eigenvalue weighted by atomic mass is 127. The number of ether oxygens (including phenoxy) is 1. The molecule has 0 amide bonds. The Morgan fingerprint density at radius 2 is 1.94 bits per heavy atom. The second-order valence-corrected chi connectivity index (χ2v) is 11.0. The Kier molecular flexibility index (Phi) is 9.26. The molecule has 2 aromatic rings. The lowest BCUT2D eigenvalue weighted by molar-refractivity contribution is -0.208. The number of pyridine rings is 1. The Balaban J connectivity index is 2.30. The van der Waals surface area contributed by atoms with Gasteiger partial charge in [0.25, 0.3) is 0 Å². The molecule has 11 heteroatoms. The van der Waals surface area contributed by atoms with Crippen LogP contribution in [0, 0.1) is 3.57 Å². The fourth-order valence-electron chi connectivity index (χ4n) is 2.18. The van der Waals surface area contributed by atoms with Crippen molar-refractivity contribution in [1.29, 1.82) is 0 Å². The summed E-state index contributed by atoms with van der Waals surface area (Å²) in [7, 11) is -1.57. The summed E-state index contributed by atoms with van der Waals surface area (Å²) in [6, 6.07) is 10.4. The van der Waals surface area contributed by atoms with Gasteiger partial charge in [0.2, 0.25) is 0 Å². The summed E-state index contributed by atoms with van der Waals surface area (Å²) in [5.41, 5.74) is 0.598. The van der Waals surface area contributed by atoms with Crippen molar-refractivity contribution in [3.05, 3.63) is 62.5 Å². The number of hydrogen-bond donors (Lipinski definition) is 1. The van der Waals surface area contributed by atoms with E-state index in [0.29, 0.717) is 5.71 Å². The van der Waals surface area contributed by atoms with Crippen molar-refractivity contribution in [2.24, 2.45) is 4.40 Å². The largest absolute Gasteiger partial charge is 0.483 e. The quantitative estimate of drug-likeness (QED) is 0.243. The molecular weight excluding hydrogens is 580 g/mol. The van der Waals surface area contributed by atoms with Gasteiger partial charge in [-0.15, -0.1) is 0 Å². The van der Waals surface area contributed by atoms with E-state index >= 15 is 0 Å². The molecule has 1 aromatic heterocycles. The zero-order valence-electron chi connectivity index (χ0n) is 17.4. The van der Waals surface area contributed by atoms with Crippen molar-refractivity contribution >= 4 is 57.0 Å². The molecule has 1 N–H and O–H groups in total. The molecule has 0 fully saturated rings. The summed E-state index contributed by atoms with van der Waals surface area (Å²) in [6.07, 6.45) is -4.21. The molecule has 0 saturated heterocycles. The molecule has 0 aliphatic rings. The second-order valence-electron chi connectivity index (χ2n) is 7.57. The zero-order valence-corrected chi connectivity index (χ0v) is 21.1. The number of aliphatic hydroxyl groups is 1. The number of halogens is 5. The van der Waals surface area contributed by atoms with Crippen LogP contribution in [0.25, 0.3) is 6.08 Å². The van der Waals surface area contributed by atoms with Crippen LogP contribution in [0.5, 0.6) is 5.75 Å². The minimum absolute atomic E-state index is 0.0349. The molecule has 32 heavy (non-hydrogen) atoms. The topological polar surface area (TPSA) is 71.8 Å². The monoisotopic (exact) mass is 600 g/mol. The van der Waals surface area contributed by atoms with Crippen LogP contribution in [0.2, 0.25) is 5.15 Å². The van der Waals surface area contributed by atoms with Crippen LogP contribution in [0.15, 0.2) is 46.9 Å². The van der Waals surface area contributed by atoms with Crippen LogP contribution in [-0.2, 0) is 11.0 Å². The van der Waals surface area contributed by atoms with E-state index in [1.54, 1.807) is 55.5 Å². The number of benzene rings is 1. The van der Waals surface area contributed by atoms with Gasteiger partial charge >= 0.3 is 6.18 Å². The predicted octanol–water partition coefficient (Wildman–Crippen LogP) is 5.93. The smallest absolute Gasteiger partial charge is 0.420 e. The number of nitrogens with zero attached hydrogens (tertiary/aromatic N) is 2. The van der Waals surface area contributed by atoms with Crippen molar-refractivity contribution in [2.75, 3.05) is 6.61 Å². The SMILES string of the molecule is CC(C)(C)S(=O)/N=C(\C=C\c1ccccc1)COc1c(I)cc(C(O)C(F)(F)F)nc1Cl. The van der Waals surface area contributed by atoms with Gasteiger partial charge in [-0.1, -0.05) is 48.0 Å². The molecule has 2 unspecified atom stereocenters. The number of hydrogen-bond acceptors (Lipinski definition) is 4. The average molecular weight is 601 g/mol. The van der Waals surface area contributed by atoms with Gasteiger partial charge < -0.3 is 9.84 Å². The standard InChI is InChI=1S/C21H21ClF3IN2O3S/c1-20(2,3)32(30)28-14(10-9-13-7-5-4-6-8-13)12-31-17-15(26)11-16(27-19(17)22)18(29)21(23,24)25/h4-11,18,29H,12H2,1-3H3/b10-9+,28-14+. The highest BCUT2D eigenvalue weighted by molar-refractivity contribution is 14.1. The maximum absolute atomic E-state index is 12.8. The molecule has 0 bridgehead atoms. The van der Waals surface area contributed by atoms with Crippen molar-refractivity contribution < 1.29 is 27.2 Å². The van der Waals surface area contributed by atoms with Gasteiger partial charge in [-0.05, 0) is 61.1 Å². The van der Waals surface area contributed by atoms with Gasteiger partial charge in [-0.25, -0.2) is 9.19 Å². The fraction of sp³-hybridized carbons (Fsp3) is 0.333. The first-order chi connectivity index (χ1) is 14.8. The van der Waals surface area contributed by atoms with Gasteiger partial charge in [-0.2, -0.15) is 17.6 Å². The van der Waals surface area contributed by atoms with Crippen molar-refractivity contribution in [1.82, 2.24) is 4.98 Å². The third-order valence-electron chi connectivity index (χ3n) is 3.85. The van der Waals surface area contributed by atoms with Gasteiger partial charge in [0.1, 0.15) is 17.6 Å². The average Bonchev–Trinajstić information content (AvgIpc) is 2.69. The Morgan fingerprint density at radius 3 is 2.47 bits per heavy atom. The zero-order chi connectivity index (χ0) is 24.1. The molecule has 1 aromatic carbocycles. The van der Waals surface area contributed by atoms with E-state index in [2.05, 4.69) is 9.38 Å². The summed E-state index contributed by atoms with van der Waals surface area (Å²) in [5.74, 6) is 0.0349. The lowest BCUT2D eigenvalue weighted by Crippen LogP contribution is -2.22. The first-order valence-electron chi connectivity index (χ1n) is 9.25. The van der Waals surface area contributed by atoms with Crippen molar-refractivity contribution in [3.8, 4) is 5.75 Å². The van der Waals surface area contributed by atoms with Crippen LogP contribution < -0.4 is 4.74 Å². The van der Waals surface area contributed by atoms with Gasteiger partial charge in [0.05, 0.1) is 19.7 Å². The first kappa shape index (κ1) is 26.7. The minimum Gasteiger partial charge on any atom is -0.483 e. The lowest BCUT2D eigenvalue weighted by atomic mass is 10.2. The molecule has 0 aliphatic carbocycles. The number of aromatic nitrogens is 1. The Hall–Kier alpha value is -1.50. The van der Waals surface area contributed by atoms with Crippen LogP contribution in [0.4, 0.5) is 13.2 Å². The van der Waals surface area contributed by atoms with Crippen LogP contribution in [0.3, 0.4) is 0 Å². The van der Waals surface area contributed by atoms with Gasteiger partial charge in [0.15, 0.2) is 17.0 Å². The van der Waals surface area contributed by atoms with Gasteiger partial charge in [0, 0.05) is 0 Å². The van der Waals surface area contributed by atoms with E-state index in [1.807, 2.05) is 30.3 Å². The molecule has 2 rings (SSSR count). The molecule has 0 aliphatic heterocycles. The second kappa shape index (κ2) is 11.1. The number of rotatable bonds is 7. The summed E-state index contributed by atoms with van der Waals surface area (Å²) in [5, 5.41) is 9.08. The third kappa shape index (κ3) is 7.82. The van der Waals surface area contributed by atoms with E-state index in [0.717, 1.165) is 11.6 Å². The van der Waals surface area contributed by atoms with Gasteiger partial charge in [-0.3, -0.25) is 0 Å². The molecule has 174 valence electrons. The van der Waals surface area contributed by atoms with E-state index in [4.69, 9.17) is 16.3 Å². The fourth-order valence-corrected chi connectivity index (χ4v) is 3.92. The summed E-state index contributed by atoms with van der Waals surface area (Å²) < 4.78 is 60.4. The van der Waals surface area contributed by atoms with Crippen LogP contribution in [-0.4, -0.2) is 37.5 Å². The van der Waals surface area contributed by atoms with Crippen LogP contribution >= 0.6 is 34.2 Å². The van der Waals surface area contributed by atoms with E-state index < -0.39 is 33.7 Å². The number of aliphatic hydroxyl groups excluding tert-OH is 1. The van der Waals surface area contributed by atoms with E-state index in [-0.39, 0.29) is 21.1 Å². The maximum Gasteiger partial charge on any atom is 0.420 e. The molecule has 0 saturated carbocycles. The highest BCUT2D eigenvalue weighted by Crippen LogP contribution is 2.36.